The van der Waals surface area contributed by atoms with E-state index in [1.165, 1.54) is 6.07 Å². The van der Waals surface area contributed by atoms with Crippen molar-refractivity contribution in [2.75, 3.05) is 0 Å². The molecular weight excluding hydrogens is 190 g/mol. The second-order valence-corrected chi connectivity index (χ2v) is 2.93. The molecule has 14 heavy (non-hydrogen) atoms. The third-order valence-electron chi connectivity index (χ3n) is 1.45. The Bertz CT molecular complexity index is 348. The zero-order chi connectivity index (χ0) is 10.7. The van der Waals surface area contributed by atoms with E-state index in [0.717, 1.165) is 12.1 Å². The highest BCUT2D eigenvalue weighted by molar-refractivity contribution is 5.89. The van der Waals surface area contributed by atoms with Crippen molar-refractivity contribution in [2.24, 2.45) is 0 Å². The summed E-state index contributed by atoms with van der Waals surface area (Å²) in [6.07, 6.45) is 0.444. The van der Waals surface area contributed by atoms with Gasteiger partial charge in [-0.15, -0.1) is 0 Å². The third kappa shape index (κ3) is 2.52. The number of rotatable bonds is 2. The highest BCUT2D eigenvalue weighted by Crippen LogP contribution is 2.11. The Morgan fingerprint density at radius 3 is 2.36 bits per heavy atom. The van der Waals surface area contributed by atoms with Gasteiger partial charge in [-0.2, -0.15) is 0 Å². The number of hydrogen-bond donors (Lipinski definition) is 0. The minimum absolute atomic E-state index is 0.00917. The highest BCUT2D eigenvalue weighted by Gasteiger charge is 2.12. The van der Waals surface area contributed by atoms with Crippen LogP contribution in [-0.4, -0.2) is 5.97 Å². The molecule has 1 radical (unpaired) electrons. The molecule has 0 heterocycles. The van der Waals surface area contributed by atoms with Crippen LogP contribution in [0.25, 0.3) is 0 Å². The summed E-state index contributed by atoms with van der Waals surface area (Å²) in [6, 6.07) is 2.86. The summed E-state index contributed by atoms with van der Waals surface area (Å²) in [6.45, 7) is 3.19. The lowest BCUT2D eigenvalue weighted by molar-refractivity contribution is 0.0545. The van der Waals surface area contributed by atoms with Gasteiger partial charge in [-0.25, -0.2) is 13.6 Å². The SMILES string of the molecule is C[C](C)OC(=O)c1ccc(F)c(F)c1. The van der Waals surface area contributed by atoms with Gasteiger partial charge >= 0.3 is 5.97 Å². The first-order valence-corrected chi connectivity index (χ1v) is 3.98. The van der Waals surface area contributed by atoms with E-state index in [4.69, 9.17) is 4.74 Å². The molecule has 2 nitrogen and oxygen atoms in total. The molecule has 1 rings (SSSR count). The van der Waals surface area contributed by atoms with Crippen LogP contribution >= 0.6 is 0 Å². The molecule has 75 valence electrons. The van der Waals surface area contributed by atoms with Crippen LogP contribution in [0.4, 0.5) is 8.78 Å². The van der Waals surface area contributed by atoms with Crippen LogP contribution in [0.5, 0.6) is 0 Å². The third-order valence-corrected chi connectivity index (χ3v) is 1.45. The summed E-state index contributed by atoms with van der Waals surface area (Å²) >= 11 is 0. The van der Waals surface area contributed by atoms with Crippen molar-refractivity contribution in [3.63, 3.8) is 0 Å². The first kappa shape index (κ1) is 10.6. The molecule has 0 aliphatic carbocycles. The number of carbonyl (C=O) groups excluding carboxylic acids is 1. The zero-order valence-corrected chi connectivity index (χ0v) is 7.80. The standard InChI is InChI=1S/C10H9F2O2/c1-6(2)14-10(13)7-3-4-8(11)9(12)5-7/h3-5H,1-2H3. The fourth-order valence-electron chi connectivity index (χ4n) is 0.867. The molecule has 0 amide bonds. The van der Waals surface area contributed by atoms with Gasteiger partial charge in [0.1, 0.15) is 6.10 Å². The second-order valence-electron chi connectivity index (χ2n) is 2.93. The summed E-state index contributed by atoms with van der Waals surface area (Å²) in [7, 11) is 0. The molecule has 4 heteroatoms. The number of hydrogen-bond acceptors (Lipinski definition) is 2. The molecule has 0 N–H and O–H groups in total. The van der Waals surface area contributed by atoms with Crippen molar-refractivity contribution >= 4 is 5.97 Å². The van der Waals surface area contributed by atoms with Crippen molar-refractivity contribution in [1.82, 2.24) is 0 Å². The predicted molar refractivity (Wildman–Crippen MR) is 46.4 cm³/mol. The predicted octanol–water partition coefficient (Wildman–Crippen LogP) is 2.69. The smallest absolute Gasteiger partial charge is 0.338 e. The molecule has 0 aliphatic heterocycles. The Balaban J connectivity index is 2.86. The van der Waals surface area contributed by atoms with Crippen LogP contribution in [0.15, 0.2) is 18.2 Å². The van der Waals surface area contributed by atoms with Gasteiger partial charge in [-0.3, -0.25) is 0 Å². The van der Waals surface area contributed by atoms with E-state index in [-0.39, 0.29) is 5.56 Å². The summed E-state index contributed by atoms with van der Waals surface area (Å²) in [5.41, 5.74) is -0.00917. The molecule has 0 aromatic heterocycles. The van der Waals surface area contributed by atoms with Crippen LogP contribution in [0.2, 0.25) is 0 Å². The van der Waals surface area contributed by atoms with Gasteiger partial charge in [-0.1, -0.05) is 0 Å². The molecule has 0 saturated heterocycles. The van der Waals surface area contributed by atoms with E-state index in [2.05, 4.69) is 0 Å². The van der Waals surface area contributed by atoms with E-state index in [9.17, 15) is 13.6 Å². The first-order valence-electron chi connectivity index (χ1n) is 3.98. The van der Waals surface area contributed by atoms with E-state index in [0.29, 0.717) is 6.10 Å². The van der Waals surface area contributed by atoms with E-state index in [1.807, 2.05) is 0 Å². The van der Waals surface area contributed by atoms with E-state index < -0.39 is 17.6 Å². The monoisotopic (exact) mass is 199 g/mol. The minimum atomic E-state index is -1.06. The van der Waals surface area contributed by atoms with Gasteiger partial charge in [0.2, 0.25) is 0 Å². The summed E-state index contributed by atoms with van der Waals surface area (Å²) in [5, 5.41) is 0. The Labute approximate surface area is 80.5 Å². The quantitative estimate of drug-likeness (QED) is 0.684. The highest BCUT2D eigenvalue weighted by atomic mass is 19.2. The number of benzene rings is 1. The van der Waals surface area contributed by atoms with Gasteiger partial charge in [0.25, 0.3) is 0 Å². The number of carbonyl (C=O) groups is 1. The zero-order valence-electron chi connectivity index (χ0n) is 7.80. The average molecular weight is 199 g/mol. The van der Waals surface area contributed by atoms with Crippen molar-refractivity contribution < 1.29 is 18.3 Å². The Morgan fingerprint density at radius 1 is 1.21 bits per heavy atom. The molecule has 0 unspecified atom stereocenters. The van der Waals surface area contributed by atoms with Gasteiger partial charge < -0.3 is 4.74 Å². The van der Waals surface area contributed by atoms with Crippen molar-refractivity contribution in [3.8, 4) is 0 Å². The lowest BCUT2D eigenvalue weighted by Crippen LogP contribution is -2.07. The number of halogens is 2. The molecule has 1 aromatic rings. The fourth-order valence-corrected chi connectivity index (χ4v) is 0.867. The van der Waals surface area contributed by atoms with Crippen molar-refractivity contribution in [3.05, 3.63) is 41.5 Å². The van der Waals surface area contributed by atoms with Crippen LogP contribution in [0.1, 0.15) is 24.2 Å². The maximum Gasteiger partial charge on any atom is 0.338 e. The fraction of sp³-hybridized carbons (Fsp3) is 0.200. The van der Waals surface area contributed by atoms with Crippen LogP contribution in [0.3, 0.4) is 0 Å². The number of ether oxygens (including phenoxy) is 1. The van der Waals surface area contributed by atoms with Crippen LogP contribution in [-0.2, 0) is 4.74 Å². The molecule has 0 bridgehead atoms. The molecule has 0 atom stereocenters. The summed E-state index contributed by atoms with van der Waals surface area (Å²) in [4.78, 5) is 11.2. The van der Waals surface area contributed by atoms with Crippen molar-refractivity contribution in [1.29, 1.82) is 0 Å². The minimum Gasteiger partial charge on any atom is -0.452 e. The lowest BCUT2D eigenvalue weighted by Gasteiger charge is -2.06. The lowest BCUT2D eigenvalue weighted by atomic mass is 10.2. The molecule has 1 aromatic carbocycles. The maximum atomic E-state index is 12.7. The molecule has 0 aliphatic rings. The van der Waals surface area contributed by atoms with E-state index in [1.54, 1.807) is 13.8 Å². The number of esters is 1. The molecule has 0 spiro atoms. The summed E-state index contributed by atoms with van der Waals surface area (Å²) < 4.78 is 29.9. The van der Waals surface area contributed by atoms with Gasteiger partial charge in [0.05, 0.1) is 5.56 Å². The summed E-state index contributed by atoms with van der Waals surface area (Å²) in [5.74, 6) is -2.74. The molecule has 0 fully saturated rings. The van der Waals surface area contributed by atoms with Gasteiger partial charge in [0, 0.05) is 0 Å². The Morgan fingerprint density at radius 2 is 1.86 bits per heavy atom. The first-order chi connectivity index (χ1) is 6.50. The van der Waals surface area contributed by atoms with Gasteiger partial charge in [-0.05, 0) is 32.0 Å². The van der Waals surface area contributed by atoms with Crippen LogP contribution < -0.4 is 0 Å². The maximum absolute atomic E-state index is 12.7. The molecular formula is C10H9F2O2. The Hall–Kier alpha value is -1.45. The Kier molecular flexibility index (Phi) is 3.17. The van der Waals surface area contributed by atoms with Crippen LogP contribution in [0, 0.1) is 17.7 Å². The average Bonchev–Trinajstić information content (AvgIpc) is 2.08. The van der Waals surface area contributed by atoms with E-state index >= 15 is 0 Å². The van der Waals surface area contributed by atoms with Gasteiger partial charge in [0.15, 0.2) is 11.6 Å². The largest absolute Gasteiger partial charge is 0.452 e. The topological polar surface area (TPSA) is 26.3 Å². The molecule has 0 saturated carbocycles. The second kappa shape index (κ2) is 4.17. The normalized spacial score (nSPS) is 10.4. The van der Waals surface area contributed by atoms with Crippen molar-refractivity contribution in [2.45, 2.75) is 13.8 Å².